The van der Waals surface area contributed by atoms with Gasteiger partial charge in [-0.05, 0) is 29.3 Å². The summed E-state index contributed by atoms with van der Waals surface area (Å²) in [7, 11) is 0. The number of hydrogen-bond acceptors (Lipinski definition) is 4. The number of carbonyl (C=O) groups excluding carboxylic acids is 2. The van der Waals surface area contributed by atoms with E-state index in [1.54, 1.807) is 18.3 Å². The minimum atomic E-state index is -1.10. The number of aliphatic hydroxyl groups excluding tert-OH is 1. The second-order valence-electron chi connectivity index (χ2n) is 7.16. The van der Waals surface area contributed by atoms with Crippen LogP contribution in [0.1, 0.15) is 17.0 Å². The van der Waals surface area contributed by atoms with E-state index in [1.165, 1.54) is 0 Å². The maximum absolute atomic E-state index is 13.2. The number of fused-ring (bicyclic) bond motifs is 1. The molecular weight excluding hydrogens is 392 g/mol. The van der Waals surface area contributed by atoms with Gasteiger partial charge in [0.15, 0.2) is 0 Å². The Kier molecular flexibility index (Phi) is 6.05. The Bertz CT molecular complexity index is 1140. The van der Waals surface area contributed by atoms with Gasteiger partial charge in [-0.15, -0.1) is 0 Å². The van der Waals surface area contributed by atoms with Crippen molar-refractivity contribution in [3.8, 4) is 0 Å². The van der Waals surface area contributed by atoms with Gasteiger partial charge in [0.25, 0.3) is 0 Å². The Labute approximate surface area is 179 Å². The van der Waals surface area contributed by atoms with Crippen molar-refractivity contribution in [1.29, 1.82) is 0 Å². The van der Waals surface area contributed by atoms with E-state index in [4.69, 9.17) is 0 Å². The second kappa shape index (κ2) is 9.23. The molecule has 4 aromatic rings. The van der Waals surface area contributed by atoms with Crippen LogP contribution >= 0.6 is 0 Å². The van der Waals surface area contributed by atoms with E-state index >= 15 is 0 Å². The van der Waals surface area contributed by atoms with Crippen LogP contribution in [-0.4, -0.2) is 39.8 Å². The predicted octanol–water partition coefficient (Wildman–Crippen LogP) is 2.81. The quantitative estimate of drug-likeness (QED) is 0.373. The van der Waals surface area contributed by atoms with Crippen LogP contribution in [0.2, 0.25) is 0 Å². The fourth-order valence-corrected chi connectivity index (χ4v) is 3.48. The Morgan fingerprint density at radius 2 is 1.55 bits per heavy atom. The van der Waals surface area contributed by atoms with E-state index in [9.17, 15) is 14.7 Å². The summed E-state index contributed by atoms with van der Waals surface area (Å²) in [5.74, 6) is -1.48. The lowest BCUT2D eigenvalue weighted by atomic mass is 9.90. The molecule has 0 aliphatic rings. The third-order valence-electron chi connectivity index (χ3n) is 5.05. The van der Waals surface area contributed by atoms with E-state index in [-0.39, 0.29) is 5.91 Å². The summed E-state index contributed by atoms with van der Waals surface area (Å²) in [5, 5.41) is 22.9. The SMILES string of the molecule is O=C(N[C@@H](CO)C(=O)Nc1ccc2cn[nH]c2c1)C(c1ccccc1)c1ccccc1. The molecule has 1 heterocycles. The number of H-pyrrole nitrogens is 1. The minimum absolute atomic E-state index is 0.365. The fraction of sp³-hybridized carbons (Fsp3) is 0.125. The molecule has 1 atom stereocenters. The lowest BCUT2D eigenvalue weighted by Gasteiger charge is -2.22. The molecule has 7 nitrogen and oxygen atoms in total. The Hall–Kier alpha value is -3.97. The van der Waals surface area contributed by atoms with Crippen molar-refractivity contribution < 1.29 is 14.7 Å². The highest BCUT2D eigenvalue weighted by molar-refractivity contribution is 5.99. The summed E-state index contributed by atoms with van der Waals surface area (Å²) in [6, 6.07) is 22.9. The number of hydrogen-bond donors (Lipinski definition) is 4. The molecule has 1 aromatic heterocycles. The number of rotatable bonds is 7. The van der Waals surface area contributed by atoms with Crippen molar-refractivity contribution in [2.75, 3.05) is 11.9 Å². The van der Waals surface area contributed by atoms with Crippen molar-refractivity contribution in [2.24, 2.45) is 0 Å². The first-order valence-electron chi connectivity index (χ1n) is 9.91. The normalized spacial score (nSPS) is 11.9. The third kappa shape index (κ3) is 4.62. The van der Waals surface area contributed by atoms with Crippen LogP contribution in [0, 0.1) is 0 Å². The number of anilines is 1. The van der Waals surface area contributed by atoms with Crippen LogP contribution in [0.3, 0.4) is 0 Å². The number of aliphatic hydroxyl groups is 1. The molecule has 0 saturated heterocycles. The highest BCUT2D eigenvalue weighted by Crippen LogP contribution is 2.25. The highest BCUT2D eigenvalue weighted by atomic mass is 16.3. The zero-order valence-corrected chi connectivity index (χ0v) is 16.7. The zero-order valence-electron chi connectivity index (χ0n) is 16.7. The third-order valence-corrected chi connectivity index (χ3v) is 5.05. The molecule has 31 heavy (non-hydrogen) atoms. The number of aromatic amines is 1. The van der Waals surface area contributed by atoms with Gasteiger partial charge in [0, 0.05) is 11.1 Å². The van der Waals surface area contributed by atoms with Crippen molar-refractivity contribution in [2.45, 2.75) is 12.0 Å². The van der Waals surface area contributed by atoms with Gasteiger partial charge in [0.1, 0.15) is 6.04 Å². The molecular formula is C24H22N4O3. The molecule has 7 heteroatoms. The Morgan fingerprint density at radius 3 is 2.16 bits per heavy atom. The molecule has 0 aliphatic heterocycles. The van der Waals surface area contributed by atoms with E-state index in [0.717, 1.165) is 22.0 Å². The summed E-state index contributed by atoms with van der Waals surface area (Å²) in [5.41, 5.74) is 2.91. The van der Waals surface area contributed by atoms with Crippen LogP contribution < -0.4 is 10.6 Å². The molecule has 0 aliphatic carbocycles. The van der Waals surface area contributed by atoms with Gasteiger partial charge in [-0.3, -0.25) is 14.7 Å². The fourth-order valence-electron chi connectivity index (χ4n) is 3.48. The van der Waals surface area contributed by atoms with Crippen molar-refractivity contribution in [3.05, 3.63) is 96.2 Å². The Morgan fingerprint density at radius 1 is 0.903 bits per heavy atom. The van der Waals surface area contributed by atoms with E-state index < -0.39 is 24.5 Å². The standard InChI is InChI=1S/C24H22N4O3/c29-15-21(23(30)26-19-12-11-18-14-25-28-20(18)13-19)27-24(31)22(16-7-3-1-4-8-16)17-9-5-2-6-10-17/h1-14,21-22,29H,15H2,(H,25,28)(H,26,30)(H,27,31)/t21-/m0/s1. The molecule has 4 N–H and O–H groups in total. The zero-order chi connectivity index (χ0) is 21.6. The van der Waals surface area contributed by atoms with Crippen LogP contribution in [0.15, 0.2) is 85.1 Å². The first-order chi connectivity index (χ1) is 15.2. The van der Waals surface area contributed by atoms with Gasteiger partial charge in [0.05, 0.1) is 24.2 Å². The summed E-state index contributed by atoms with van der Waals surface area (Å²) in [4.78, 5) is 25.9. The van der Waals surface area contributed by atoms with E-state index in [2.05, 4.69) is 20.8 Å². The summed E-state index contributed by atoms with van der Waals surface area (Å²) in [6.45, 7) is -0.528. The second-order valence-corrected chi connectivity index (χ2v) is 7.16. The Balaban J connectivity index is 1.52. The predicted molar refractivity (Wildman–Crippen MR) is 118 cm³/mol. The van der Waals surface area contributed by atoms with Crippen LogP contribution in [0.4, 0.5) is 5.69 Å². The molecule has 0 radical (unpaired) electrons. The minimum Gasteiger partial charge on any atom is -0.394 e. The summed E-state index contributed by atoms with van der Waals surface area (Å²) in [6.07, 6.45) is 1.69. The van der Waals surface area contributed by atoms with Crippen molar-refractivity contribution >= 4 is 28.4 Å². The van der Waals surface area contributed by atoms with Gasteiger partial charge in [-0.2, -0.15) is 5.10 Å². The lowest BCUT2D eigenvalue weighted by molar-refractivity contribution is -0.127. The lowest BCUT2D eigenvalue weighted by Crippen LogP contribution is -2.47. The topological polar surface area (TPSA) is 107 Å². The molecule has 0 fully saturated rings. The maximum Gasteiger partial charge on any atom is 0.249 e. The molecule has 0 spiro atoms. The first kappa shape index (κ1) is 20.3. The molecule has 3 aromatic carbocycles. The maximum atomic E-state index is 13.2. The summed E-state index contributed by atoms with van der Waals surface area (Å²) < 4.78 is 0. The monoisotopic (exact) mass is 414 g/mol. The number of aromatic nitrogens is 2. The molecule has 156 valence electrons. The molecule has 0 saturated carbocycles. The van der Waals surface area contributed by atoms with Gasteiger partial charge in [-0.25, -0.2) is 0 Å². The van der Waals surface area contributed by atoms with Crippen LogP contribution in [-0.2, 0) is 9.59 Å². The largest absolute Gasteiger partial charge is 0.394 e. The van der Waals surface area contributed by atoms with Gasteiger partial charge >= 0.3 is 0 Å². The van der Waals surface area contributed by atoms with E-state index in [0.29, 0.717) is 5.69 Å². The van der Waals surface area contributed by atoms with Crippen LogP contribution in [0.25, 0.3) is 10.9 Å². The molecule has 0 unspecified atom stereocenters. The molecule has 0 bridgehead atoms. The smallest absolute Gasteiger partial charge is 0.249 e. The number of nitrogens with zero attached hydrogens (tertiary/aromatic N) is 1. The molecule has 4 rings (SSSR count). The number of nitrogens with one attached hydrogen (secondary N) is 3. The average Bonchev–Trinajstić information content (AvgIpc) is 3.27. The molecule has 2 amide bonds. The number of carbonyl (C=O) groups is 2. The van der Waals surface area contributed by atoms with Gasteiger partial charge in [0.2, 0.25) is 11.8 Å². The average molecular weight is 414 g/mol. The number of amides is 2. The van der Waals surface area contributed by atoms with Gasteiger partial charge in [-0.1, -0.05) is 60.7 Å². The van der Waals surface area contributed by atoms with Gasteiger partial charge < -0.3 is 15.7 Å². The highest BCUT2D eigenvalue weighted by Gasteiger charge is 2.27. The summed E-state index contributed by atoms with van der Waals surface area (Å²) >= 11 is 0. The van der Waals surface area contributed by atoms with Crippen molar-refractivity contribution in [3.63, 3.8) is 0 Å². The number of benzene rings is 3. The first-order valence-corrected chi connectivity index (χ1v) is 9.91. The van der Waals surface area contributed by atoms with Crippen LogP contribution in [0.5, 0.6) is 0 Å². The van der Waals surface area contributed by atoms with E-state index in [1.807, 2.05) is 66.7 Å². The van der Waals surface area contributed by atoms with Crippen molar-refractivity contribution in [1.82, 2.24) is 15.5 Å².